The standard InChI is InChI=1S/C11H11Cl3O3S/c1-5(15)18-4-9(16)11(17)6-2-7(12)10(14)8(13)3-6/h2-3,9,11,16-17H,4H2,1H3. The monoisotopic (exact) mass is 328 g/mol. The van der Waals surface area contributed by atoms with E-state index in [2.05, 4.69) is 0 Å². The van der Waals surface area contributed by atoms with Crippen molar-refractivity contribution in [3.8, 4) is 0 Å². The molecule has 0 fully saturated rings. The maximum atomic E-state index is 10.8. The maximum absolute atomic E-state index is 10.8. The second-order valence-corrected chi connectivity index (χ2v) is 6.00. The molecule has 0 heterocycles. The van der Waals surface area contributed by atoms with E-state index in [-0.39, 0.29) is 25.9 Å². The first kappa shape index (κ1) is 16.1. The third kappa shape index (κ3) is 4.30. The Balaban J connectivity index is 2.83. The van der Waals surface area contributed by atoms with Gasteiger partial charge >= 0.3 is 0 Å². The van der Waals surface area contributed by atoms with Crippen molar-refractivity contribution >= 4 is 51.7 Å². The minimum Gasteiger partial charge on any atom is -0.389 e. The summed E-state index contributed by atoms with van der Waals surface area (Å²) in [5.41, 5.74) is 0.353. The third-order valence-electron chi connectivity index (χ3n) is 2.17. The molecule has 7 heteroatoms. The number of carbonyl (C=O) groups excluding carboxylic acids is 1. The molecule has 0 aliphatic heterocycles. The molecular weight excluding hydrogens is 319 g/mol. The Bertz CT molecular complexity index is 430. The molecular formula is C11H11Cl3O3S. The van der Waals surface area contributed by atoms with Crippen LogP contribution in [0.3, 0.4) is 0 Å². The summed E-state index contributed by atoms with van der Waals surface area (Å²) in [6, 6.07) is 2.87. The van der Waals surface area contributed by atoms with Crippen LogP contribution in [-0.4, -0.2) is 27.2 Å². The minimum atomic E-state index is -1.18. The van der Waals surface area contributed by atoms with Crippen molar-refractivity contribution in [2.24, 2.45) is 0 Å². The van der Waals surface area contributed by atoms with E-state index in [0.29, 0.717) is 5.56 Å². The van der Waals surface area contributed by atoms with Crippen LogP contribution in [0.1, 0.15) is 18.6 Å². The van der Waals surface area contributed by atoms with Gasteiger partial charge in [-0.15, -0.1) is 0 Å². The highest BCUT2D eigenvalue weighted by molar-refractivity contribution is 8.13. The van der Waals surface area contributed by atoms with Gasteiger partial charge in [0.2, 0.25) is 0 Å². The fourth-order valence-corrected chi connectivity index (χ4v) is 2.46. The van der Waals surface area contributed by atoms with E-state index in [9.17, 15) is 15.0 Å². The van der Waals surface area contributed by atoms with Crippen LogP contribution in [0.15, 0.2) is 12.1 Å². The van der Waals surface area contributed by atoms with Crippen molar-refractivity contribution in [2.75, 3.05) is 5.75 Å². The summed E-state index contributed by atoms with van der Waals surface area (Å²) in [5, 5.41) is 20.1. The molecule has 1 rings (SSSR count). The Morgan fingerprint density at radius 1 is 1.28 bits per heavy atom. The van der Waals surface area contributed by atoms with E-state index in [1.807, 2.05) is 0 Å². The van der Waals surface area contributed by atoms with Gasteiger partial charge in [-0.25, -0.2) is 0 Å². The number of hydrogen-bond donors (Lipinski definition) is 2. The van der Waals surface area contributed by atoms with Crippen LogP contribution in [0.25, 0.3) is 0 Å². The van der Waals surface area contributed by atoms with Crippen LogP contribution in [-0.2, 0) is 4.79 Å². The van der Waals surface area contributed by atoms with Gasteiger partial charge in [-0.3, -0.25) is 4.79 Å². The van der Waals surface area contributed by atoms with Gasteiger partial charge in [-0.2, -0.15) is 0 Å². The molecule has 0 saturated heterocycles. The summed E-state index contributed by atoms with van der Waals surface area (Å²) in [4.78, 5) is 10.8. The quantitative estimate of drug-likeness (QED) is 0.832. The molecule has 0 spiro atoms. The Morgan fingerprint density at radius 2 is 1.78 bits per heavy atom. The molecule has 1 aromatic rings. The van der Waals surface area contributed by atoms with Gasteiger partial charge in [-0.05, 0) is 17.7 Å². The first-order valence-electron chi connectivity index (χ1n) is 4.97. The van der Waals surface area contributed by atoms with E-state index in [1.54, 1.807) is 0 Å². The summed E-state index contributed by atoms with van der Waals surface area (Å²) in [5.74, 6) is 0.0916. The van der Waals surface area contributed by atoms with Crippen LogP contribution in [0.4, 0.5) is 0 Å². The first-order chi connectivity index (χ1) is 8.32. The van der Waals surface area contributed by atoms with Crippen molar-refractivity contribution in [1.29, 1.82) is 0 Å². The van der Waals surface area contributed by atoms with Gasteiger partial charge in [0.05, 0.1) is 21.2 Å². The number of rotatable bonds is 4. The number of benzene rings is 1. The average molecular weight is 330 g/mol. The number of halogens is 3. The highest BCUT2D eigenvalue weighted by Crippen LogP contribution is 2.34. The van der Waals surface area contributed by atoms with E-state index in [0.717, 1.165) is 11.8 Å². The van der Waals surface area contributed by atoms with E-state index in [1.165, 1.54) is 19.1 Å². The lowest BCUT2D eigenvalue weighted by Gasteiger charge is -2.18. The molecule has 2 unspecified atom stereocenters. The van der Waals surface area contributed by atoms with Crippen molar-refractivity contribution < 1.29 is 15.0 Å². The third-order valence-corrected chi connectivity index (χ3v) is 4.28. The minimum absolute atomic E-state index is 0.0916. The lowest BCUT2D eigenvalue weighted by Crippen LogP contribution is -2.21. The highest BCUT2D eigenvalue weighted by Gasteiger charge is 2.21. The van der Waals surface area contributed by atoms with Crippen molar-refractivity contribution in [3.63, 3.8) is 0 Å². The molecule has 0 radical (unpaired) electrons. The predicted octanol–water partition coefficient (Wildman–Crippen LogP) is 3.32. The summed E-state index contributed by atoms with van der Waals surface area (Å²) in [7, 11) is 0. The van der Waals surface area contributed by atoms with E-state index < -0.39 is 12.2 Å². The van der Waals surface area contributed by atoms with Gasteiger partial charge in [-0.1, -0.05) is 46.6 Å². The molecule has 0 bridgehead atoms. The highest BCUT2D eigenvalue weighted by atomic mass is 35.5. The Morgan fingerprint density at radius 3 is 2.22 bits per heavy atom. The Kier molecular flexibility index (Phi) is 6.24. The second-order valence-electron chi connectivity index (χ2n) is 3.61. The number of aliphatic hydroxyl groups is 2. The molecule has 0 aliphatic carbocycles. The smallest absolute Gasteiger partial charge is 0.185 e. The van der Waals surface area contributed by atoms with Crippen LogP contribution >= 0.6 is 46.6 Å². The fourth-order valence-electron chi connectivity index (χ4n) is 1.26. The second kappa shape index (κ2) is 6.98. The predicted molar refractivity (Wildman–Crippen MR) is 75.6 cm³/mol. The molecule has 100 valence electrons. The van der Waals surface area contributed by atoms with Crippen LogP contribution in [0, 0.1) is 0 Å². The van der Waals surface area contributed by atoms with E-state index >= 15 is 0 Å². The largest absolute Gasteiger partial charge is 0.389 e. The molecule has 0 aliphatic rings. The zero-order chi connectivity index (χ0) is 13.9. The summed E-state index contributed by atoms with van der Waals surface area (Å²) in [6.07, 6.45) is -2.27. The maximum Gasteiger partial charge on any atom is 0.185 e. The summed E-state index contributed by atoms with van der Waals surface area (Å²) in [6.45, 7) is 1.39. The number of hydrogen-bond acceptors (Lipinski definition) is 4. The number of carbonyl (C=O) groups is 1. The first-order valence-corrected chi connectivity index (χ1v) is 7.08. The summed E-state index contributed by atoms with van der Waals surface area (Å²) < 4.78 is 0. The molecule has 0 aromatic heterocycles. The van der Waals surface area contributed by atoms with Crippen molar-refractivity contribution in [3.05, 3.63) is 32.8 Å². The van der Waals surface area contributed by atoms with Crippen LogP contribution < -0.4 is 0 Å². The van der Waals surface area contributed by atoms with Gasteiger partial charge in [0.1, 0.15) is 6.10 Å². The van der Waals surface area contributed by atoms with Gasteiger partial charge in [0, 0.05) is 12.7 Å². The topological polar surface area (TPSA) is 57.5 Å². The van der Waals surface area contributed by atoms with Crippen LogP contribution in [0.2, 0.25) is 15.1 Å². The SMILES string of the molecule is CC(=O)SCC(O)C(O)c1cc(Cl)c(Cl)c(Cl)c1. The van der Waals surface area contributed by atoms with Crippen molar-refractivity contribution in [1.82, 2.24) is 0 Å². The van der Waals surface area contributed by atoms with Gasteiger partial charge in [0.15, 0.2) is 5.12 Å². The molecule has 2 atom stereocenters. The number of thioether (sulfide) groups is 1. The van der Waals surface area contributed by atoms with Gasteiger partial charge < -0.3 is 10.2 Å². The van der Waals surface area contributed by atoms with Crippen molar-refractivity contribution in [2.45, 2.75) is 19.1 Å². The fraction of sp³-hybridized carbons (Fsp3) is 0.364. The van der Waals surface area contributed by atoms with E-state index in [4.69, 9.17) is 34.8 Å². The lowest BCUT2D eigenvalue weighted by molar-refractivity contribution is -0.109. The summed E-state index contributed by atoms with van der Waals surface area (Å²) >= 11 is 18.4. The normalized spacial score (nSPS) is 14.3. The molecule has 3 nitrogen and oxygen atoms in total. The molecule has 0 saturated carbocycles. The Labute approximate surface area is 124 Å². The van der Waals surface area contributed by atoms with Crippen LogP contribution in [0.5, 0.6) is 0 Å². The van der Waals surface area contributed by atoms with Gasteiger partial charge in [0.25, 0.3) is 0 Å². The zero-order valence-corrected chi connectivity index (χ0v) is 12.4. The average Bonchev–Trinajstić information content (AvgIpc) is 2.31. The molecule has 0 amide bonds. The zero-order valence-electron chi connectivity index (χ0n) is 9.36. The molecule has 2 N–H and O–H groups in total. The Hall–Kier alpha value is 0.0300. The molecule has 1 aromatic carbocycles. The number of aliphatic hydroxyl groups excluding tert-OH is 2. The lowest BCUT2D eigenvalue weighted by atomic mass is 10.1. The molecule has 18 heavy (non-hydrogen) atoms.